The molecular formula is C35H32Cl4F6N4O9S2. The van der Waals surface area contributed by atoms with Crippen LogP contribution >= 0.6 is 46.4 Å². The molecule has 0 spiro atoms. The molecular weight excluding hydrogens is 940 g/mol. The smallest absolute Gasteiger partial charge is 0.417 e. The molecule has 0 radical (unpaired) electrons. The van der Waals surface area contributed by atoms with Crippen LogP contribution in [0.15, 0.2) is 82.4 Å². The van der Waals surface area contributed by atoms with E-state index in [0.717, 1.165) is 55.9 Å². The van der Waals surface area contributed by atoms with Gasteiger partial charge in [0.25, 0.3) is 20.0 Å². The van der Waals surface area contributed by atoms with Crippen LogP contribution in [0.5, 0.6) is 0 Å². The lowest BCUT2D eigenvalue weighted by Gasteiger charge is -2.25. The highest BCUT2D eigenvalue weighted by molar-refractivity contribution is 7.93. The van der Waals surface area contributed by atoms with Crippen LogP contribution in [0.4, 0.5) is 37.7 Å². The summed E-state index contributed by atoms with van der Waals surface area (Å²) in [5.74, 6) is -1.57. The van der Waals surface area contributed by atoms with E-state index in [0.29, 0.717) is 20.7 Å². The molecule has 4 rings (SSSR count). The number of rotatable bonds is 12. The minimum Gasteiger partial charge on any atom is -0.476 e. The van der Waals surface area contributed by atoms with Crippen molar-refractivity contribution in [1.29, 1.82) is 0 Å². The van der Waals surface area contributed by atoms with Crippen molar-refractivity contribution >= 4 is 90.1 Å². The van der Waals surface area contributed by atoms with E-state index >= 15 is 0 Å². The van der Waals surface area contributed by atoms with Gasteiger partial charge in [0.15, 0.2) is 12.0 Å². The number of halogens is 10. The van der Waals surface area contributed by atoms with E-state index in [1.54, 1.807) is 0 Å². The molecule has 2 heterocycles. The monoisotopic (exact) mass is 970 g/mol. The van der Waals surface area contributed by atoms with Crippen molar-refractivity contribution in [3.63, 3.8) is 0 Å². The fraction of sp³-hybridized carbons (Fsp3) is 0.257. The van der Waals surface area contributed by atoms with E-state index < -0.39 is 94.2 Å². The summed E-state index contributed by atoms with van der Waals surface area (Å²) in [5, 5.41) is 7.83. The van der Waals surface area contributed by atoms with E-state index in [-0.39, 0.29) is 27.7 Å². The zero-order valence-corrected chi connectivity index (χ0v) is 36.1. The van der Waals surface area contributed by atoms with Crippen LogP contribution in [0, 0.1) is 0 Å². The van der Waals surface area contributed by atoms with Crippen molar-refractivity contribution in [2.45, 2.75) is 42.9 Å². The molecule has 2 aromatic carbocycles. The van der Waals surface area contributed by atoms with E-state index in [9.17, 15) is 57.9 Å². The molecule has 60 heavy (non-hydrogen) atoms. The molecule has 0 bridgehead atoms. The number of hydrogen-bond acceptors (Lipinski definition) is 10. The van der Waals surface area contributed by atoms with Crippen molar-refractivity contribution in [2.75, 3.05) is 36.3 Å². The number of alkyl halides is 6. The first-order valence-electron chi connectivity index (χ1n) is 16.0. The summed E-state index contributed by atoms with van der Waals surface area (Å²) in [6.45, 7) is 4.89. The third-order valence-corrected chi connectivity index (χ3v) is 11.8. The number of hydrogen-bond donors (Lipinski definition) is 1. The van der Waals surface area contributed by atoms with Gasteiger partial charge in [-0.2, -0.15) is 26.3 Å². The van der Waals surface area contributed by atoms with Crippen LogP contribution < -0.4 is 8.61 Å². The van der Waals surface area contributed by atoms with Crippen LogP contribution in [-0.4, -0.2) is 71.8 Å². The van der Waals surface area contributed by atoms with Gasteiger partial charge in [0.1, 0.15) is 19.2 Å². The van der Waals surface area contributed by atoms with Crippen molar-refractivity contribution in [3.05, 3.63) is 115 Å². The van der Waals surface area contributed by atoms with E-state index in [1.807, 2.05) is 6.92 Å². The van der Waals surface area contributed by atoms with Crippen LogP contribution in [-0.2, 0) is 41.9 Å². The summed E-state index contributed by atoms with van der Waals surface area (Å²) in [6.07, 6.45) is -5.29. The highest BCUT2D eigenvalue weighted by atomic mass is 35.5. The summed E-state index contributed by atoms with van der Waals surface area (Å²) in [5.41, 5.74) is -3.00. The van der Waals surface area contributed by atoms with Crippen LogP contribution in [0.1, 0.15) is 52.9 Å². The molecule has 0 amide bonds. The lowest BCUT2D eigenvalue weighted by molar-refractivity contribution is -0.138. The lowest BCUT2D eigenvalue weighted by Crippen LogP contribution is -2.34. The third kappa shape index (κ3) is 13.4. The van der Waals surface area contributed by atoms with E-state index in [4.69, 9.17) is 55.9 Å². The number of benzene rings is 2. The number of allylic oxidation sites excluding steroid dienone is 2. The average molecular weight is 973 g/mol. The second kappa shape index (κ2) is 21.5. The first-order valence-corrected chi connectivity index (χ1v) is 20.4. The number of anilines is 2. The first kappa shape index (κ1) is 51.9. The number of aromatic carboxylic acids is 1. The standard InChI is InChI=1S/C15H11Cl2F3N2O5S.C15H11Cl2F3N2O4S.C5H10/c1-27-7-22(12-4-8(16)6-21-13(12)14(23)24)28(25,26)9-2-3-11(17)10(5-9)15(18,19)20;1-26-8-22(14-4-9(16)6-21-13(14)7-23)27(24,25)10-2-3-12(17)11(5-10)15(18,19)20;1-4-5(2)3/h2-6H,7H2,1H3,(H,23,24);2-7H,8H2,1H3;4H,1-3H3. The summed E-state index contributed by atoms with van der Waals surface area (Å²) in [4.78, 5) is 28.4. The Bertz CT molecular complexity index is 2440. The number of carbonyl (C=O) groups is 2. The third-order valence-electron chi connectivity index (χ3n) is 7.28. The zero-order valence-electron chi connectivity index (χ0n) is 31.4. The van der Waals surface area contributed by atoms with Gasteiger partial charge in [-0.05, 0) is 69.3 Å². The predicted molar refractivity (Wildman–Crippen MR) is 212 cm³/mol. The molecule has 328 valence electrons. The van der Waals surface area contributed by atoms with Crippen molar-refractivity contribution in [3.8, 4) is 0 Å². The Morgan fingerprint density at radius 3 is 1.47 bits per heavy atom. The number of methoxy groups -OCH3 is 2. The molecule has 0 saturated heterocycles. The largest absolute Gasteiger partial charge is 0.476 e. The van der Waals surface area contributed by atoms with Crippen LogP contribution in [0.3, 0.4) is 0 Å². The van der Waals surface area contributed by atoms with Crippen molar-refractivity contribution in [1.82, 2.24) is 9.97 Å². The second-order valence-corrected chi connectivity index (χ2v) is 17.1. The Labute approximate surface area is 360 Å². The van der Waals surface area contributed by atoms with Gasteiger partial charge < -0.3 is 14.6 Å². The first-order chi connectivity index (χ1) is 27.7. The molecule has 4 aromatic rings. The van der Waals surface area contributed by atoms with Gasteiger partial charge in [-0.15, -0.1) is 0 Å². The van der Waals surface area contributed by atoms with Gasteiger partial charge in [0, 0.05) is 26.6 Å². The fourth-order valence-corrected chi connectivity index (χ4v) is 7.87. The summed E-state index contributed by atoms with van der Waals surface area (Å²) >= 11 is 22.6. The van der Waals surface area contributed by atoms with Gasteiger partial charge in [0.2, 0.25) is 0 Å². The lowest BCUT2D eigenvalue weighted by atomic mass is 10.2. The minimum absolute atomic E-state index is 0.0130. The average Bonchev–Trinajstić information content (AvgIpc) is 3.15. The fourth-order valence-electron chi connectivity index (χ4n) is 4.30. The van der Waals surface area contributed by atoms with Crippen molar-refractivity contribution in [2.24, 2.45) is 0 Å². The Morgan fingerprint density at radius 2 is 1.12 bits per heavy atom. The number of carboxylic acids is 1. The highest BCUT2D eigenvalue weighted by Gasteiger charge is 2.38. The Balaban J connectivity index is 0.000000372. The van der Waals surface area contributed by atoms with E-state index in [1.165, 1.54) is 12.7 Å². The molecule has 0 aliphatic carbocycles. The second-order valence-electron chi connectivity index (χ2n) is 11.7. The minimum atomic E-state index is -4.90. The molecule has 0 fully saturated rings. The molecule has 0 unspecified atom stereocenters. The predicted octanol–water partition coefficient (Wildman–Crippen LogP) is 9.90. The van der Waals surface area contributed by atoms with Crippen molar-refractivity contribution < 1.29 is 67.3 Å². The normalized spacial score (nSPS) is 11.7. The molecule has 0 atom stereocenters. The number of pyridine rings is 2. The Hall–Kier alpha value is -4.22. The van der Waals surface area contributed by atoms with Gasteiger partial charge in [0.05, 0.1) is 52.4 Å². The van der Waals surface area contributed by atoms with E-state index in [2.05, 4.69) is 29.9 Å². The number of sulfonamides is 2. The van der Waals surface area contributed by atoms with Crippen LogP contribution in [0.25, 0.3) is 0 Å². The zero-order chi connectivity index (χ0) is 46.0. The quantitative estimate of drug-likeness (QED) is 0.0620. The summed E-state index contributed by atoms with van der Waals surface area (Å²) < 4.78 is 141. The maximum absolute atomic E-state index is 13.1. The maximum atomic E-state index is 13.1. The Kier molecular flexibility index (Phi) is 18.6. The number of nitrogens with zero attached hydrogens (tertiary/aromatic N) is 4. The summed E-state index contributed by atoms with van der Waals surface area (Å²) in [6, 6.07) is 6.24. The molecule has 0 aliphatic heterocycles. The van der Waals surface area contributed by atoms with Crippen LogP contribution in [0.2, 0.25) is 20.1 Å². The molecule has 2 aromatic heterocycles. The SMILES string of the molecule is CC=C(C)C.COCN(c1cc(Cl)cnc1C(=O)O)S(=O)(=O)c1ccc(Cl)c(C(F)(F)F)c1.COCN(c1cc(Cl)cnc1C=O)S(=O)(=O)c1ccc(Cl)c(C(F)(F)F)c1. The van der Waals surface area contributed by atoms with Gasteiger partial charge >= 0.3 is 18.3 Å². The van der Waals surface area contributed by atoms with Gasteiger partial charge in [-0.3, -0.25) is 4.79 Å². The molecule has 0 saturated carbocycles. The number of ether oxygens (including phenoxy) is 2. The highest BCUT2D eigenvalue weighted by Crippen LogP contribution is 2.39. The maximum Gasteiger partial charge on any atom is 0.417 e. The molecule has 13 nitrogen and oxygen atoms in total. The number of aromatic nitrogens is 2. The van der Waals surface area contributed by atoms with Gasteiger partial charge in [-0.25, -0.2) is 40.2 Å². The molecule has 0 aliphatic rings. The number of aldehydes is 1. The number of carboxylic acid groups (broad SMARTS) is 1. The molecule has 1 N–H and O–H groups in total. The topological polar surface area (TPSA) is 173 Å². The summed E-state index contributed by atoms with van der Waals surface area (Å²) in [7, 11) is -6.99. The molecule has 25 heteroatoms. The Morgan fingerprint density at radius 1 is 0.733 bits per heavy atom. The van der Waals surface area contributed by atoms with Gasteiger partial charge in [-0.1, -0.05) is 58.1 Å². The number of carbonyl (C=O) groups excluding carboxylic acids is 1.